The molecule has 1 aromatic carbocycles. The molecule has 0 N–H and O–H groups in total. The summed E-state index contributed by atoms with van der Waals surface area (Å²) in [6.45, 7) is 2.26. The fraction of sp³-hybridized carbons (Fsp3) is 0.467. The van der Waals surface area contributed by atoms with Crippen molar-refractivity contribution in [3.8, 4) is 0 Å². The summed E-state index contributed by atoms with van der Waals surface area (Å²) in [5.74, 6) is 0. The normalized spacial score (nSPS) is 11.0. The lowest BCUT2D eigenvalue weighted by molar-refractivity contribution is 0.638. The van der Waals surface area contributed by atoms with Crippen LogP contribution >= 0.6 is 0 Å². The smallest absolute Gasteiger partial charge is 0.0260 e. The van der Waals surface area contributed by atoms with Gasteiger partial charge in [0.2, 0.25) is 0 Å². The zero-order chi connectivity index (χ0) is 10.8. The molecule has 0 heteroatoms. The molecule has 82 valence electrons. The van der Waals surface area contributed by atoms with Crippen LogP contribution in [-0.4, -0.2) is 0 Å². The molecule has 0 fully saturated rings. The number of hydrogen-bond acceptors (Lipinski definition) is 0. The Labute approximate surface area is 94.0 Å². The average Bonchev–Trinajstić information content (AvgIpc) is 2.29. The van der Waals surface area contributed by atoms with E-state index in [-0.39, 0.29) is 0 Å². The first kappa shape index (κ1) is 12.0. The number of unbranched alkanes of at least 4 members (excludes halogenated alkanes) is 5. The van der Waals surface area contributed by atoms with Gasteiger partial charge in [0.05, 0.1) is 0 Å². The summed E-state index contributed by atoms with van der Waals surface area (Å²) in [4.78, 5) is 0. The molecule has 0 atom stereocenters. The summed E-state index contributed by atoms with van der Waals surface area (Å²) in [6.07, 6.45) is 12.6. The maximum absolute atomic E-state index is 2.29. The van der Waals surface area contributed by atoms with Crippen LogP contribution in [-0.2, 0) is 0 Å². The maximum Gasteiger partial charge on any atom is -0.0260 e. The lowest BCUT2D eigenvalue weighted by Crippen LogP contribution is -1.76. The topological polar surface area (TPSA) is 0 Å². The molecule has 0 aliphatic carbocycles. The van der Waals surface area contributed by atoms with Crippen molar-refractivity contribution >= 4 is 6.08 Å². The van der Waals surface area contributed by atoms with Crippen LogP contribution in [0.1, 0.15) is 51.0 Å². The van der Waals surface area contributed by atoms with Gasteiger partial charge >= 0.3 is 0 Å². The molecular weight excluding hydrogens is 180 g/mol. The Morgan fingerprint density at radius 3 is 2.40 bits per heavy atom. The van der Waals surface area contributed by atoms with Crippen LogP contribution in [0.4, 0.5) is 0 Å². The lowest BCUT2D eigenvalue weighted by Gasteiger charge is -1.96. The van der Waals surface area contributed by atoms with E-state index in [0.717, 1.165) is 0 Å². The van der Waals surface area contributed by atoms with Crippen LogP contribution in [0.3, 0.4) is 0 Å². The van der Waals surface area contributed by atoms with Crippen molar-refractivity contribution in [3.63, 3.8) is 0 Å². The average molecular weight is 202 g/mol. The van der Waals surface area contributed by atoms with Crippen LogP contribution in [0.2, 0.25) is 0 Å². The molecule has 0 unspecified atom stereocenters. The van der Waals surface area contributed by atoms with Crippen molar-refractivity contribution in [2.75, 3.05) is 0 Å². The minimum absolute atomic E-state index is 1.22. The number of allylic oxidation sites excluding steroid dienone is 1. The molecule has 0 aliphatic heterocycles. The molecule has 15 heavy (non-hydrogen) atoms. The number of hydrogen-bond donors (Lipinski definition) is 0. The molecule has 0 heterocycles. The first-order chi connectivity index (χ1) is 7.43. The fourth-order valence-corrected chi connectivity index (χ4v) is 1.65. The van der Waals surface area contributed by atoms with E-state index in [9.17, 15) is 0 Å². The van der Waals surface area contributed by atoms with Crippen molar-refractivity contribution in [3.05, 3.63) is 42.0 Å². The van der Waals surface area contributed by atoms with Crippen LogP contribution in [0.5, 0.6) is 0 Å². The van der Waals surface area contributed by atoms with Crippen molar-refractivity contribution in [2.45, 2.75) is 45.4 Å². The van der Waals surface area contributed by atoms with Crippen LogP contribution in [0.15, 0.2) is 36.4 Å². The third-order valence-corrected chi connectivity index (χ3v) is 2.58. The first-order valence-electron chi connectivity index (χ1n) is 6.15. The van der Waals surface area contributed by atoms with Gasteiger partial charge in [0.15, 0.2) is 0 Å². The Hall–Kier alpha value is -1.04. The largest absolute Gasteiger partial charge is 0.0839 e. The SMILES string of the molecule is CCCCCCC/C=C/c1ccccc1. The van der Waals surface area contributed by atoms with E-state index in [1.165, 1.54) is 44.1 Å². The third kappa shape index (κ3) is 6.11. The van der Waals surface area contributed by atoms with E-state index < -0.39 is 0 Å². The van der Waals surface area contributed by atoms with E-state index in [2.05, 4.69) is 49.4 Å². The van der Waals surface area contributed by atoms with Crippen molar-refractivity contribution < 1.29 is 0 Å². The standard InChI is InChI=1S/C15H22/c1-2-3-4-5-6-7-9-12-15-13-10-8-11-14-15/h8-14H,2-7H2,1H3/b12-9+. The molecular formula is C15H22. The molecule has 0 spiro atoms. The van der Waals surface area contributed by atoms with Gasteiger partial charge in [-0.1, -0.05) is 75.1 Å². The Morgan fingerprint density at radius 2 is 1.67 bits per heavy atom. The maximum atomic E-state index is 2.29. The monoisotopic (exact) mass is 202 g/mol. The lowest BCUT2D eigenvalue weighted by atomic mass is 10.1. The van der Waals surface area contributed by atoms with Crippen LogP contribution in [0.25, 0.3) is 6.08 Å². The zero-order valence-corrected chi connectivity index (χ0v) is 9.78. The van der Waals surface area contributed by atoms with Gasteiger partial charge in [0.1, 0.15) is 0 Å². The van der Waals surface area contributed by atoms with E-state index >= 15 is 0 Å². The van der Waals surface area contributed by atoms with Gasteiger partial charge in [0, 0.05) is 0 Å². The van der Waals surface area contributed by atoms with Gasteiger partial charge in [-0.2, -0.15) is 0 Å². The Kier molecular flexibility index (Phi) is 6.64. The van der Waals surface area contributed by atoms with Crippen molar-refractivity contribution in [2.24, 2.45) is 0 Å². The summed E-state index contributed by atoms with van der Waals surface area (Å²) < 4.78 is 0. The number of benzene rings is 1. The molecule has 0 bridgehead atoms. The summed E-state index contributed by atoms with van der Waals surface area (Å²) in [5, 5.41) is 0. The van der Waals surface area contributed by atoms with Gasteiger partial charge in [-0.3, -0.25) is 0 Å². The quantitative estimate of drug-likeness (QED) is 0.542. The van der Waals surface area contributed by atoms with Gasteiger partial charge in [-0.05, 0) is 18.4 Å². The molecule has 0 saturated heterocycles. The summed E-state index contributed by atoms with van der Waals surface area (Å²) >= 11 is 0. The van der Waals surface area contributed by atoms with Gasteiger partial charge < -0.3 is 0 Å². The molecule has 1 aromatic rings. The molecule has 0 aliphatic rings. The first-order valence-corrected chi connectivity index (χ1v) is 6.15. The minimum Gasteiger partial charge on any atom is -0.0839 e. The Balaban J connectivity index is 2.07. The summed E-state index contributed by atoms with van der Waals surface area (Å²) in [5.41, 5.74) is 1.31. The van der Waals surface area contributed by atoms with E-state index in [1.54, 1.807) is 0 Å². The highest BCUT2D eigenvalue weighted by atomic mass is 13.9. The van der Waals surface area contributed by atoms with Gasteiger partial charge in [-0.15, -0.1) is 0 Å². The Morgan fingerprint density at radius 1 is 0.933 bits per heavy atom. The zero-order valence-electron chi connectivity index (χ0n) is 9.78. The van der Waals surface area contributed by atoms with Crippen LogP contribution in [0, 0.1) is 0 Å². The Bertz CT molecular complexity index is 259. The molecule has 0 amide bonds. The highest BCUT2D eigenvalue weighted by molar-refractivity contribution is 5.48. The summed E-state index contributed by atoms with van der Waals surface area (Å²) in [7, 11) is 0. The fourth-order valence-electron chi connectivity index (χ4n) is 1.65. The van der Waals surface area contributed by atoms with Crippen molar-refractivity contribution in [1.82, 2.24) is 0 Å². The highest BCUT2D eigenvalue weighted by Crippen LogP contribution is 2.07. The molecule has 0 saturated carbocycles. The second-order valence-corrected chi connectivity index (χ2v) is 4.02. The second kappa shape index (κ2) is 8.28. The van der Waals surface area contributed by atoms with Crippen molar-refractivity contribution in [1.29, 1.82) is 0 Å². The minimum atomic E-state index is 1.22. The van der Waals surface area contributed by atoms with E-state index in [4.69, 9.17) is 0 Å². The summed E-state index contributed by atoms with van der Waals surface area (Å²) in [6, 6.07) is 10.5. The van der Waals surface area contributed by atoms with E-state index in [1.807, 2.05) is 0 Å². The predicted molar refractivity (Wildman–Crippen MR) is 68.9 cm³/mol. The molecule has 0 aromatic heterocycles. The second-order valence-electron chi connectivity index (χ2n) is 4.02. The highest BCUT2D eigenvalue weighted by Gasteiger charge is 1.87. The third-order valence-electron chi connectivity index (χ3n) is 2.58. The number of rotatable bonds is 7. The predicted octanol–water partition coefficient (Wildman–Crippen LogP) is 5.06. The van der Waals surface area contributed by atoms with Crippen LogP contribution < -0.4 is 0 Å². The molecule has 1 rings (SSSR count). The van der Waals surface area contributed by atoms with Gasteiger partial charge in [-0.25, -0.2) is 0 Å². The molecule has 0 nitrogen and oxygen atoms in total. The molecule has 0 radical (unpaired) electrons. The van der Waals surface area contributed by atoms with E-state index in [0.29, 0.717) is 0 Å². The van der Waals surface area contributed by atoms with Gasteiger partial charge in [0.25, 0.3) is 0 Å².